The monoisotopic (exact) mass is 400 g/mol. The SMILES string of the molecule is COc1ccccc1CNC(=O)c1nn(C)c2c1CN(C(=O)OC(C)(C)C)CC2. The molecule has 1 aromatic carbocycles. The predicted molar refractivity (Wildman–Crippen MR) is 108 cm³/mol. The second kappa shape index (κ2) is 8.14. The maximum absolute atomic E-state index is 12.8. The Kier molecular flexibility index (Phi) is 5.81. The number of aryl methyl sites for hydroxylation is 1. The zero-order chi connectivity index (χ0) is 21.2. The lowest BCUT2D eigenvalue weighted by Crippen LogP contribution is -2.40. The molecule has 156 valence electrons. The van der Waals surface area contributed by atoms with Gasteiger partial charge in [-0.1, -0.05) is 18.2 Å². The fraction of sp³-hybridized carbons (Fsp3) is 0.476. The van der Waals surface area contributed by atoms with Crippen LogP contribution in [0.3, 0.4) is 0 Å². The molecule has 1 aromatic heterocycles. The van der Waals surface area contributed by atoms with Crippen LogP contribution in [-0.2, 0) is 31.3 Å². The normalized spacial score (nSPS) is 13.6. The minimum absolute atomic E-state index is 0.279. The summed E-state index contributed by atoms with van der Waals surface area (Å²) in [4.78, 5) is 26.9. The molecule has 0 saturated carbocycles. The number of carbonyl (C=O) groups excluding carboxylic acids is 2. The lowest BCUT2D eigenvalue weighted by molar-refractivity contribution is 0.0221. The molecule has 3 rings (SSSR count). The topological polar surface area (TPSA) is 85.7 Å². The van der Waals surface area contributed by atoms with Gasteiger partial charge in [0.2, 0.25) is 0 Å². The van der Waals surface area contributed by atoms with Crippen LogP contribution in [-0.4, -0.2) is 45.9 Å². The minimum Gasteiger partial charge on any atom is -0.496 e. The molecule has 0 radical (unpaired) electrons. The van der Waals surface area contributed by atoms with Crippen LogP contribution in [0.1, 0.15) is 48.1 Å². The first-order chi connectivity index (χ1) is 13.7. The molecule has 29 heavy (non-hydrogen) atoms. The van der Waals surface area contributed by atoms with Crippen LogP contribution in [0.5, 0.6) is 5.75 Å². The van der Waals surface area contributed by atoms with Crippen molar-refractivity contribution in [1.82, 2.24) is 20.0 Å². The molecule has 0 atom stereocenters. The molecular weight excluding hydrogens is 372 g/mol. The van der Waals surface area contributed by atoms with E-state index in [9.17, 15) is 9.59 Å². The molecule has 0 bridgehead atoms. The number of carbonyl (C=O) groups is 2. The zero-order valence-corrected chi connectivity index (χ0v) is 17.6. The Bertz CT molecular complexity index is 914. The van der Waals surface area contributed by atoms with Gasteiger partial charge in [-0.15, -0.1) is 0 Å². The van der Waals surface area contributed by atoms with Crippen molar-refractivity contribution < 1.29 is 19.1 Å². The maximum atomic E-state index is 12.8. The van der Waals surface area contributed by atoms with Crippen molar-refractivity contribution in [2.75, 3.05) is 13.7 Å². The number of ether oxygens (including phenoxy) is 2. The number of para-hydroxylation sites is 1. The maximum Gasteiger partial charge on any atom is 0.410 e. The van der Waals surface area contributed by atoms with Gasteiger partial charge >= 0.3 is 6.09 Å². The van der Waals surface area contributed by atoms with Crippen molar-refractivity contribution in [3.05, 3.63) is 46.8 Å². The van der Waals surface area contributed by atoms with E-state index in [4.69, 9.17) is 9.47 Å². The van der Waals surface area contributed by atoms with Gasteiger partial charge < -0.3 is 19.7 Å². The van der Waals surface area contributed by atoms with Crippen LogP contribution in [0.2, 0.25) is 0 Å². The first-order valence-corrected chi connectivity index (χ1v) is 9.62. The number of rotatable bonds is 4. The van der Waals surface area contributed by atoms with Gasteiger partial charge in [0.1, 0.15) is 11.4 Å². The number of nitrogens with one attached hydrogen (secondary N) is 1. The number of benzene rings is 1. The Morgan fingerprint density at radius 2 is 1.97 bits per heavy atom. The molecule has 0 fully saturated rings. The fourth-order valence-corrected chi connectivity index (χ4v) is 3.37. The lowest BCUT2D eigenvalue weighted by Gasteiger charge is -2.30. The molecule has 0 aliphatic carbocycles. The van der Waals surface area contributed by atoms with E-state index in [1.54, 1.807) is 16.7 Å². The summed E-state index contributed by atoms with van der Waals surface area (Å²) in [6.07, 6.45) is 0.241. The van der Waals surface area contributed by atoms with E-state index >= 15 is 0 Å². The van der Waals surface area contributed by atoms with E-state index in [0.29, 0.717) is 37.5 Å². The number of nitrogens with zero attached hydrogens (tertiary/aromatic N) is 3. The Hall–Kier alpha value is -3.03. The second-order valence-electron chi connectivity index (χ2n) is 8.04. The van der Waals surface area contributed by atoms with Crippen molar-refractivity contribution in [3.8, 4) is 5.75 Å². The summed E-state index contributed by atoms with van der Waals surface area (Å²) in [5.74, 6) is 0.436. The smallest absolute Gasteiger partial charge is 0.410 e. The second-order valence-corrected chi connectivity index (χ2v) is 8.04. The summed E-state index contributed by atoms with van der Waals surface area (Å²) in [5, 5.41) is 7.32. The van der Waals surface area contributed by atoms with E-state index in [-0.39, 0.29) is 12.0 Å². The Balaban J connectivity index is 1.75. The predicted octanol–water partition coefficient (Wildman–Crippen LogP) is 2.65. The number of fused-ring (bicyclic) bond motifs is 1. The molecule has 8 nitrogen and oxygen atoms in total. The Labute approximate surface area is 170 Å². The average molecular weight is 400 g/mol. The molecule has 1 N–H and O–H groups in total. The van der Waals surface area contributed by atoms with Crippen LogP contribution < -0.4 is 10.1 Å². The molecule has 8 heteroatoms. The Morgan fingerprint density at radius 1 is 1.24 bits per heavy atom. The van der Waals surface area contributed by atoms with Crippen molar-refractivity contribution in [1.29, 1.82) is 0 Å². The number of amides is 2. The number of hydrogen-bond acceptors (Lipinski definition) is 5. The molecular formula is C21H28N4O4. The summed E-state index contributed by atoms with van der Waals surface area (Å²) >= 11 is 0. The number of hydrogen-bond donors (Lipinski definition) is 1. The largest absolute Gasteiger partial charge is 0.496 e. The first-order valence-electron chi connectivity index (χ1n) is 9.62. The van der Waals surface area contributed by atoms with Crippen LogP contribution in [0.4, 0.5) is 4.79 Å². The Morgan fingerprint density at radius 3 is 2.66 bits per heavy atom. The van der Waals surface area contributed by atoms with E-state index in [1.807, 2.05) is 52.1 Å². The highest BCUT2D eigenvalue weighted by Crippen LogP contribution is 2.24. The quantitative estimate of drug-likeness (QED) is 0.853. The third-order valence-corrected chi connectivity index (χ3v) is 4.74. The van der Waals surface area contributed by atoms with Crippen molar-refractivity contribution >= 4 is 12.0 Å². The molecule has 1 aliphatic rings. The van der Waals surface area contributed by atoms with Gasteiger partial charge in [-0.3, -0.25) is 9.48 Å². The summed E-state index contributed by atoms with van der Waals surface area (Å²) in [6, 6.07) is 7.52. The van der Waals surface area contributed by atoms with E-state index < -0.39 is 5.60 Å². The first kappa shape index (κ1) is 20.7. The third-order valence-electron chi connectivity index (χ3n) is 4.74. The molecule has 0 unspecified atom stereocenters. The van der Waals surface area contributed by atoms with E-state index in [0.717, 1.165) is 16.8 Å². The van der Waals surface area contributed by atoms with Crippen molar-refractivity contribution in [2.45, 2.75) is 45.9 Å². The van der Waals surface area contributed by atoms with Gasteiger partial charge in [-0.2, -0.15) is 5.10 Å². The van der Waals surface area contributed by atoms with Crippen molar-refractivity contribution in [3.63, 3.8) is 0 Å². The average Bonchev–Trinajstić information content (AvgIpc) is 3.01. The summed E-state index contributed by atoms with van der Waals surface area (Å²) in [7, 11) is 3.42. The highest BCUT2D eigenvalue weighted by molar-refractivity contribution is 5.94. The molecule has 0 saturated heterocycles. The van der Waals surface area contributed by atoms with Crippen LogP contribution in [0.25, 0.3) is 0 Å². The van der Waals surface area contributed by atoms with Crippen LogP contribution in [0.15, 0.2) is 24.3 Å². The minimum atomic E-state index is -0.568. The van der Waals surface area contributed by atoms with Gasteiger partial charge in [-0.25, -0.2) is 4.79 Å². The van der Waals surface area contributed by atoms with Gasteiger partial charge in [-0.05, 0) is 26.8 Å². The highest BCUT2D eigenvalue weighted by Gasteiger charge is 2.31. The van der Waals surface area contributed by atoms with Gasteiger partial charge in [0.05, 0.1) is 13.7 Å². The van der Waals surface area contributed by atoms with E-state index in [2.05, 4.69) is 10.4 Å². The van der Waals surface area contributed by atoms with Gasteiger partial charge in [0.15, 0.2) is 5.69 Å². The van der Waals surface area contributed by atoms with Crippen LogP contribution in [0, 0.1) is 0 Å². The molecule has 0 spiro atoms. The molecule has 2 heterocycles. The van der Waals surface area contributed by atoms with Crippen LogP contribution >= 0.6 is 0 Å². The summed E-state index contributed by atoms with van der Waals surface area (Å²) < 4.78 is 12.5. The van der Waals surface area contributed by atoms with Gasteiger partial charge in [0.25, 0.3) is 5.91 Å². The molecule has 1 aliphatic heterocycles. The van der Waals surface area contributed by atoms with E-state index in [1.165, 1.54) is 0 Å². The van der Waals surface area contributed by atoms with Gasteiger partial charge in [0, 0.05) is 43.4 Å². The third kappa shape index (κ3) is 4.70. The number of methoxy groups -OCH3 is 1. The highest BCUT2D eigenvalue weighted by atomic mass is 16.6. The fourth-order valence-electron chi connectivity index (χ4n) is 3.37. The number of aromatic nitrogens is 2. The standard InChI is InChI=1S/C21H28N4O4/c1-21(2,3)29-20(27)25-11-10-16-15(13-25)18(23-24(16)4)19(26)22-12-14-8-6-7-9-17(14)28-5/h6-9H,10-13H2,1-5H3,(H,22,26). The summed E-state index contributed by atoms with van der Waals surface area (Å²) in [6.45, 7) is 6.66. The molecule has 2 aromatic rings. The summed E-state index contributed by atoms with van der Waals surface area (Å²) in [5.41, 5.74) is 2.38. The lowest BCUT2D eigenvalue weighted by atomic mass is 10.0. The zero-order valence-electron chi connectivity index (χ0n) is 17.6. The molecule has 2 amide bonds. The van der Waals surface area contributed by atoms with Crippen molar-refractivity contribution in [2.24, 2.45) is 7.05 Å².